The first-order chi connectivity index (χ1) is 12.8. The number of rotatable bonds is 4. The van der Waals surface area contributed by atoms with Crippen LogP contribution in [-0.2, 0) is 9.59 Å². The molecule has 2 aromatic carbocycles. The van der Waals surface area contributed by atoms with E-state index in [0.717, 1.165) is 4.90 Å². The molecule has 27 heavy (non-hydrogen) atoms. The molecule has 3 rings (SSSR count). The van der Waals surface area contributed by atoms with Gasteiger partial charge < -0.3 is 10.4 Å². The molecule has 0 spiro atoms. The maximum atomic E-state index is 12.9. The van der Waals surface area contributed by atoms with Crippen LogP contribution in [0, 0.1) is 5.82 Å². The van der Waals surface area contributed by atoms with Gasteiger partial charge in [0.15, 0.2) is 0 Å². The minimum absolute atomic E-state index is 0.0425. The third-order valence-electron chi connectivity index (χ3n) is 3.58. The summed E-state index contributed by atoms with van der Waals surface area (Å²) >= 11 is 3.95. The van der Waals surface area contributed by atoms with Crippen LogP contribution >= 0.6 is 27.7 Å². The second kappa shape index (κ2) is 7.93. The molecule has 0 unspecified atom stereocenters. The van der Waals surface area contributed by atoms with Crippen LogP contribution in [0.5, 0.6) is 5.75 Å². The molecule has 2 aromatic rings. The summed E-state index contributed by atoms with van der Waals surface area (Å²) in [6, 6.07) is 9.80. The molecular weight excluding hydrogens is 439 g/mol. The van der Waals surface area contributed by atoms with Gasteiger partial charge in [0, 0.05) is 15.7 Å². The van der Waals surface area contributed by atoms with Crippen molar-refractivity contribution < 1.29 is 23.9 Å². The second-order valence-corrected chi connectivity index (χ2v) is 7.43. The maximum Gasteiger partial charge on any atom is 0.294 e. The predicted molar refractivity (Wildman–Crippen MR) is 104 cm³/mol. The van der Waals surface area contributed by atoms with Crippen molar-refractivity contribution in [3.63, 3.8) is 0 Å². The summed E-state index contributed by atoms with van der Waals surface area (Å²) in [6.07, 6.45) is 1.39. The van der Waals surface area contributed by atoms with Gasteiger partial charge in [0.1, 0.15) is 18.1 Å². The molecule has 1 fully saturated rings. The van der Waals surface area contributed by atoms with Crippen molar-refractivity contribution in [1.82, 2.24) is 4.90 Å². The van der Waals surface area contributed by atoms with Gasteiger partial charge in [-0.1, -0.05) is 15.9 Å². The van der Waals surface area contributed by atoms with Gasteiger partial charge >= 0.3 is 0 Å². The number of phenolic OH excluding ortho intramolecular Hbond substituents is 1. The number of thioether (sulfide) groups is 1. The Bertz CT molecular complexity index is 962. The number of carbonyl (C=O) groups excluding carboxylic acids is 3. The Labute approximate surface area is 166 Å². The Morgan fingerprint density at radius 3 is 2.63 bits per heavy atom. The number of nitrogens with zero attached hydrogens (tertiary/aromatic N) is 1. The average Bonchev–Trinajstić information content (AvgIpc) is 2.87. The lowest BCUT2D eigenvalue weighted by molar-refractivity contribution is -0.127. The summed E-state index contributed by atoms with van der Waals surface area (Å²) in [6.45, 7) is -0.468. The molecule has 6 nitrogen and oxygen atoms in total. The van der Waals surface area contributed by atoms with Crippen molar-refractivity contribution >= 4 is 56.5 Å². The highest BCUT2D eigenvalue weighted by Gasteiger charge is 2.36. The smallest absolute Gasteiger partial charge is 0.294 e. The van der Waals surface area contributed by atoms with Crippen LogP contribution in [0.3, 0.4) is 0 Å². The fourth-order valence-corrected chi connectivity index (χ4v) is 3.50. The van der Waals surface area contributed by atoms with E-state index < -0.39 is 29.4 Å². The molecule has 9 heteroatoms. The van der Waals surface area contributed by atoms with Crippen LogP contribution < -0.4 is 5.32 Å². The van der Waals surface area contributed by atoms with Gasteiger partial charge in [-0.15, -0.1) is 0 Å². The number of carbonyl (C=O) groups is 3. The fourth-order valence-electron chi connectivity index (χ4n) is 2.30. The normalized spacial score (nSPS) is 15.5. The molecule has 1 heterocycles. The van der Waals surface area contributed by atoms with Crippen molar-refractivity contribution in [2.45, 2.75) is 0 Å². The zero-order valence-electron chi connectivity index (χ0n) is 13.6. The van der Waals surface area contributed by atoms with Crippen LogP contribution in [0.4, 0.5) is 14.9 Å². The van der Waals surface area contributed by atoms with E-state index >= 15 is 0 Å². The average molecular weight is 451 g/mol. The number of aromatic hydroxyl groups is 1. The number of halogens is 2. The molecule has 2 N–H and O–H groups in total. The zero-order valence-corrected chi connectivity index (χ0v) is 16.0. The van der Waals surface area contributed by atoms with Crippen molar-refractivity contribution in [3.05, 3.63) is 63.2 Å². The van der Waals surface area contributed by atoms with E-state index in [9.17, 15) is 23.9 Å². The van der Waals surface area contributed by atoms with E-state index in [1.165, 1.54) is 36.4 Å². The van der Waals surface area contributed by atoms with E-state index in [4.69, 9.17) is 0 Å². The fraction of sp³-hybridized carbons (Fsp3) is 0.0556. The number of benzene rings is 2. The molecule has 1 saturated heterocycles. The van der Waals surface area contributed by atoms with Crippen LogP contribution in [0.1, 0.15) is 5.56 Å². The lowest BCUT2D eigenvalue weighted by Crippen LogP contribution is -2.36. The molecule has 0 aliphatic carbocycles. The van der Waals surface area contributed by atoms with E-state index in [2.05, 4.69) is 21.2 Å². The van der Waals surface area contributed by atoms with Crippen LogP contribution in [-0.4, -0.2) is 33.6 Å². The van der Waals surface area contributed by atoms with Gasteiger partial charge in [0.25, 0.3) is 11.1 Å². The summed E-state index contributed by atoms with van der Waals surface area (Å²) in [5, 5.41) is 11.8. The third-order valence-corrected chi connectivity index (χ3v) is 4.98. The number of hydrogen-bond acceptors (Lipinski definition) is 5. The zero-order chi connectivity index (χ0) is 19.6. The Hall–Kier alpha value is -2.65. The molecule has 0 saturated carbocycles. The molecule has 0 atom stereocenters. The summed E-state index contributed by atoms with van der Waals surface area (Å²) in [5.41, 5.74) is 0.716. The standard InChI is InChI=1S/C18H12BrFN2O4S/c19-11-1-6-14(23)10(7-11)8-15-17(25)22(18(26)27-15)9-16(24)21-13-4-2-12(20)3-5-13/h1-8,23H,9H2,(H,21,24)/b15-8-. The maximum absolute atomic E-state index is 12.9. The van der Waals surface area contributed by atoms with E-state index in [1.54, 1.807) is 12.1 Å². The van der Waals surface area contributed by atoms with E-state index in [1.807, 2.05) is 0 Å². The van der Waals surface area contributed by atoms with Gasteiger partial charge in [-0.25, -0.2) is 4.39 Å². The first-order valence-electron chi connectivity index (χ1n) is 7.63. The largest absolute Gasteiger partial charge is 0.507 e. The monoisotopic (exact) mass is 450 g/mol. The number of nitrogens with one attached hydrogen (secondary N) is 1. The predicted octanol–water partition coefficient (Wildman–Crippen LogP) is 3.97. The van der Waals surface area contributed by atoms with Crippen LogP contribution in [0.25, 0.3) is 6.08 Å². The SMILES string of the molecule is O=C(CN1C(=O)S/C(=C\c2cc(Br)ccc2O)C1=O)Nc1ccc(F)cc1. The Balaban J connectivity index is 1.72. The topological polar surface area (TPSA) is 86.7 Å². The highest BCUT2D eigenvalue weighted by Crippen LogP contribution is 2.34. The molecule has 1 aliphatic rings. The molecule has 0 aromatic heterocycles. The molecule has 0 bridgehead atoms. The minimum atomic E-state index is -0.626. The number of phenols is 1. The van der Waals surface area contributed by atoms with Crippen molar-refractivity contribution in [1.29, 1.82) is 0 Å². The second-order valence-electron chi connectivity index (χ2n) is 5.53. The molecule has 1 aliphatic heterocycles. The third kappa shape index (κ3) is 4.55. The molecule has 138 valence electrons. The summed E-state index contributed by atoms with van der Waals surface area (Å²) in [4.78, 5) is 37.5. The molecular formula is C18H12BrFN2O4S. The quantitative estimate of drug-likeness (QED) is 0.688. The van der Waals surface area contributed by atoms with Crippen molar-refractivity contribution in [2.24, 2.45) is 0 Å². The Morgan fingerprint density at radius 2 is 1.93 bits per heavy atom. The minimum Gasteiger partial charge on any atom is -0.507 e. The number of anilines is 1. The van der Waals surface area contributed by atoms with Gasteiger partial charge in [-0.3, -0.25) is 19.3 Å². The first-order valence-corrected chi connectivity index (χ1v) is 9.24. The van der Waals surface area contributed by atoms with E-state index in [-0.39, 0.29) is 10.7 Å². The Kier molecular flexibility index (Phi) is 5.62. The molecule has 3 amide bonds. The highest BCUT2D eigenvalue weighted by molar-refractivity contribution is 9.10. The lowest BCUT2D eigenvalue weighted by atomic mass is 10.2. The van der Waals surface area contributed by atoms with Crippen LogP contribution in [0.2, 0.25) is 0 Å². The van der Waals surface area contributed by atoms with Gasteiger partial charge in [0.05, 0.1) is 4.91 Å². The summed E-state index contributed by atoms with van der Waals surface area (Å²) in [7, 11) is 0. The number of amides is 3. The lowest BCUT2D eigenvalue weighted by Gasteiger charge is -2.12. The van der Waals surface area contributed by atoms with Gasteiger partial charge in [-0.2, -0.15) is 0 Å². The summed E-state index contributed by atoms with van der Waals surface area (Å²) in [5.74, 6) is -1.70. The van der Waals surface area contributed by atoms with Gasteiger partial charge in [-0.05, 0) is 60.3 Å². The van der Waals surface area contributed by atoms with Crippen LogP contribution in [0.15, 0.2) is 51.8 Å². The van der Waals surface area contributed by atoms with E-state index in [0.29, 0.717) is 27.5 Å². The number of imide groups is 1. The number of hydrogen-bond donors (Lipinski definition) is 2. The molecule has 0 radical (unpaired) electrons. The Morgan fingerprint density at radius 1 is 1.22 bits per heavy atom. The van der Waals surface area contributed by atoms with Gasteiger partial charge in [0.2, 0.25) is 5.91 Å². The highest BCUT2D eigenvalue weighted by atomic mass is 79.9. The first kappa shape index (κ1) is 19.1. The van der Waals surface area contributed by atoms with Crippen molar-refractivity contribution in [2.75, 3.05) is 11.9 Å². The van der Waals surface area contributed by atoms with Crippen molar-refractivity contribution in [3.8, 4) is 5.75 Å². The summed E-state index contributed by atoms with van der Waals surface area (Å²) < 4.78 is 13.6.